The molecular formula is C15H15ClO2. The fourth-order valence-electron chi connectivity index (χ4n) is 2.14. The second-order valence-corrected chi connectivity index (χ2v) is 4.80. The lowest BCUT2D eigenvalue weighted by atomic mass is 9.92. The summed E-state index contributed by atoms with van der Waals surface area (Å²) in [5.41, 5.74) is 2.63. The molecule has 3 heteroatoms. The van der Waals surface area contributed by atoms with Gasteiger partial charge in [-0.1, -0.05) is 60.1 Å². The molecule has 2 aromatic carbocycles. The first-order valence-electron chi connectivity index (χ1n) is 5.74. The van der Waals surface area contributed by atoms with Gasteiger partial charge in [-0.2, -0.15) is 0 Å². The van der Waals surface area contributed by atoms with E-state index >= 15 is 0 Å². The van der Waals surface area contributed by atoms with Gasteiger partial charge < -0.3 is 10.2 Å². The standard InChI is InChI=1S/C15H15ClO2/c1-11-6-5-7-12(10-17)14(11)15(16,18)13-8-3-2-4-9-13/h2-9,17-18H,10H2,1H3. The molecule has 0 saturated heterocycles. The van der Waals surface area contributed by atoms with Crippen LogP contribution in [-0.2, 0) is 11.7 Å². The summed E-state index contributed by atoms with van der Waals surface area (Å²) in [6.07, 6.45) is 0. The molecule has 0 saturated carbocycles. The Morgan fingerprint density at radius 2 is 1.72 bits per heavy atom. The van der Waals surface area contributed by atoms with Crippen LogP contribution in [0, 0.1) is 6.92 Å². The van der Waals surface area contributed by atoms with E-state index in [4.69, 9.17) is 11.6 Å². The summed E-state index contributed by atoms with van der Waals surface area (Å²) in [4.78, 5) is 0. The molecule has 0 fully saturated rings. The highest BCUT2D eigenvalue weighted by Crippen LogP contribution is 2.37. The molecule has 0 radical (unpaired) electrons. The van der Waals surface area contributed by atoms with E-state index in [9.17, 15) is 10.2 Å². The smallest absolute Gasteiger partial charge is 0.191 e. The number of alkyl halides is 1. The first-order chi connectivity index (χ1) is 8.57. The monoisotopic (exact) mass is 262 g/mol. The maximum atomic E-state index is 10.6. The van der Waals surface area contributed by atoms with E-state index < -0.39 is 5.06 Å². The van der Waals surface area contributed by atoms with Crippen molar-refractivity contribution in [3.05, 3.63) is 70.8 Å². The van der Waals surface area contributed by atoms with Gasteiger partial charge in [0.25, 0.3) is 0 Å². The van der Waals surface area contributed by atoms with Crippen molar-refractivity contribution in [1.82, 2.24) is 0 Å². The molecule has 0 heterocycles. The zero-order valence-electron chi connectivity index (χ0n) is 10.1. The van der Waals surface area contributed by atoms with E-state index in [-0.39, 0.29) is 6.61 Å². The van der Waals surface area contributed by atoms with Gasteiger partial charge in [0.2, 0.25) is 0 Å². The zero-order chi connectivity index (χ0) is 13.2. The molecule has 2 rings (SSSR count). The lowest BCUT2D eigenvalue weighted by Gasteiger charge is -2.26. The molecule has 0 spiro atoms. The van der Waals surface area contributed by atoms with Crippen LogP contribution in [0.15, 0.2) is 48.5 Å². The summed E-state index contributed by atoms with van der Waals surface area (Å²) in [6, 6.07) is 14.5. The van der Waals surface area contributed by atoms with Crippen molar-refractivity contribution < 1.29 is 10.2 Å². The van der Waals surface area contributed by atoms with Gasteiger partial charge in [-0.25, -0.2) is 0 Å². The molecule has 0 aromatic heterocycles. The summed E-state index contributed by atoms with van der Waals surface area (Å²) >= 11 is 6.32. The van der Waals surface area contributed by atoms with Crippen molar-refractivity contribution in [2.24, 2.45) is 0 Å². The van der Waals surface area contributed by atoms with Crippen molar-refractivity contribution in [2.75, 3.05) is 0 Å². The summed E-state index contributed by atoms with van der Waals surface area (Å²) < 4.78 is 0. The quantitative estimate of drug-likeness (QED) is 0.835. The number of benzene rings is 2. The number of hydrogen-bond acceptors (Lipinski definition) is 2. The van der Waals surface area contributed by atoms with Crippen LogP contribution in [0.25, 0.3) is 0 Å². The summed E-state index contributed by atoms with van der Waals surface area (Å²) in [5.74, 6) is 0. The normalized spacial score (nSPS) is 14.2. The van der Waals surface area contributed by atoms with Crippen LogP contribution in [-0.4, -0.2) is 10.2 Å². The van der Waals surface area contributed by atoms with Gasteiger partial charge in [-0.15, -0.1) is 0 Å². The van der Waals surface area contributed by atoms with Gasteiger partial charge in [0.15, 0.2) is 5.06 Å². The maximum absolute atomic E-state index is 10.6. The van der Waals surface area contributed by atoms with Gasteiger partial charge in [-0.3, -0.25) is 0 Å². The Bertz CT molecular complexity index is 535. The molecule has 2 aromatic rings. The van der Waals surface area contributed by atoms with Crippen molar-refractivity contribution in [3.63, 3.8) is 0 Å². The van der Waals surface area contributed by atoms with Crippen LogP contribution < -0.4 is 0 Å². The molecule has 1 unspecified atom stereocenters. The van der Waals surface area contributed by atoms with E-state index in [1.807, 2.05) is 37.3 Å². The number of halogens is 1. The van der Waals surface area contributed by atoms with Gasteiger partial charge in [0.05, 0.1) is 6.61 Å². The van der Waals surface area contributed by atoms with Gasteiger partial charge in [0, 0.05) is 11.1 Å². The highest BCUT2D eigenvalue weighted by atomic mass is 35.5. The van der Waals surface area contributed by atoms with Gasteiger partial charge in [0.1, 0.15) is 0 Å². The molecule has 0 aliphatic heterocycles. The van der Waals surface area contributed by atoms with Crippen LogP contribution in [0.4, 0.5) is 0 Å². The molecule has 0 bridgehead atoms. The molecule has 0 aliphatic carbocycles. The minimum Gasteiger partial charge on any atom is -0.392 e. The number of aryl methyl sites for hydroxylation is 1. The van der Waals surface area contributed by atoms with Crippen molar-refractivity contribution >= 4 is 11.6 Å². The zero-order valence-corrected chi connectivity index (χ0v) is 10.9. The minimum atomic E-state index is -1.62. The summed E-state index contributed by atoms with van der Waals surface area (Å²) in [7, 11) is 0. The second-order valence-electron chi connectivity index (χ2n) is 4.26. The number of aliphatic hydroxyl groups excluding tert-OH is 1. The third-order valence-electron chi connectivity index (χ3n) is 3.02. The molecule has 0 amide bonds. The lowest BCUT2D eigenvalue weighted by Crippen LogP contribution is -2.23. The lowest BCUT2D eigenvalue weighted by molar-refractivity contribution is 0.167. The van der Waals surface area contributed by atoms with E-state index in [0.717, 1.165) is 5.56 Å². The predicted molar refractivity (Wildman–Crippen MR) is 72.4 cm³/mol. The third-order valence-corrected chi connectivity index (χ3v) is 3.42. The molecule has 18 heavy (non-hydrogen) atoms. The fraction of sp³-hybridized carbons (Fsp3) is 0.200. The Morgan fingerprint density at radius 1 is 1.06 bits per heavy atom. The van der Waals surface area contributed by atoms with Gasteiger partial charge in [-0.05, 0) is 18.1 Å². The Balaban J connectivity index is 2.61. The first-order valence-corrected chi connectivity index (χ1v) is 6.12. The topological polar surface area (TPSA) is 40.5 Å². The Labute approximate surface area is 111 Å². The van der Waals surface area contributed by atoms with E-state index in [2.05, 4.69) is 0 Å². The van der Waals surface area contributed by atoms with E-state index in [1.165, 1.54) is 0 Å². The van der Waals surface area contributed by atoms with Crippen LogP contribution in [0.5, 0.6) is 0 Å². The van der Waals surface area contributed by atoms with Crippen molar-refractivity contribution in [3.8, 4) is 0 Å². The average molecular weight is 263 g/mol. The summed E-state index contributed by atoms with van der Waals surface area (Å²) in [5, 5.41) is 18.4. The third kappa shape index (κ3) is 2.27. The fourth-order valence-corrected chi connectivity index (χ4v) is 2.53. The SMILES string of the molecule is Cc1cccc(CO)c1C(O)(Cl)c1ccccc1. The van der Waals surface area contributed by atoms with Crippen LogP contribution in [0.2, 0.25) is 0 Å². The number of rotatable bonds is 3. The number of aliphatic hydroxyl groups is 2. The van der Waals surface area contributed by atoms with Crippen LogP contribution in [0.3, 0.4) is 0 Å². The van der Waals surface area contributed by atoms with Crippen molar-refractivity contribution in [2.45, 2.75) is 18.6 Å². The van der Waals surface area contributed by atoms with Crippen LogP contribution >= 0.6 is 11.6 Å². The Hall–Kier alpha value is -1.35. The van der Waals surface area contributed by atoms with E-state index in [1.54, 1.807) is 18.2 Å². The van der Waals surface area contributed by atoms with Crippen LogP contribution in [0.1, 0.15) is 22.3 Å². The molecule has 94 valence electrons. The van der Waals surface area contributed by atoms with Crippen molar-refractivity contribution in [1.29, 1.82) is 0 Å². The molecule has 0 aliphatic rings. The second kappa shape index (κ2) is 5.11. The highest BCUT2D eigenvalue weighted by Gasteiger charge is 2.32. The Morgan fingerprint density at radius 3 is 2.33 bits per heavy atom. The maximum Gasteiger partial charge on any atom is 0.191 e. The van der Waals surface area contributed by atoms with E-state index in [0.29, 0.717) is 16.7 Å². The molecule has 2 nitrogen and oxygen atoms in total. The highest BCUT2D eigenvalue weighted by molar-refractivity contribution is 6.25. The predicted octanol–water partition coefficient (Wildman–Crippen LogP) is 2.92. The molecular weight excluding hydrogens is 248 g/mol. The first kappa shape index (κ1) is 13.1. The average Bonchev–Trinajstić information content (AvgIpc) is 2.39. The Kier molecular flexibility index (Phi) is 3.71. The summed E-state index contributed by atoms with van der Waals surface area (Å²) in [6.45, 7) is 1.71. The molecule has 1 atom stereocenters. The number of hydrogen-bond donors (Lipinski definition) is 2. The largest absolute Gasteiger partial charge is 0.392 e. The molecule has 2 N–H and O–H groups in total. The minimum absolute atomic E-state index is 0.154. The van der Waals surface area contributed by atoms with Gasteiger partial charge >= 0.3 is 0 Å².